The minimum Gasteiger partial charge on any atom is -0.322 e. The molecule has 0 aromatic heterocycles. The first kappa shape index (κ1) is 30.1. The number of amides is 2. The van der Waals surface area contributed by atoms with Gasteiger partial charge in [-0.15, -0.1) is 0 Å². The lowest BCUT2D eigenvalue weighted by atomic mass is 9.95. The van der Waals surface area contributed by atoms with Gasteiger partial charge in [0.15, 0.2) is 0 Å². The Kier molecular flexibility index (Phi) is 8.20. The van der Waals surface area contributed by atoms with Gasteiger partial charge in [-0.3, -0.25) is 9.59 Å². The highest BCUT2D eigenvalue weighted by molar-refractivity contribution is 6.23. The zero-order chi connectivity index (χ0) is 33.0. The van der Waals surface area contributed by atoms with Gasteiger partial charge in [-0.1, -0.05) is 60.7 Å². The molecule has 0 unspecified atom stereocenters. The number of nitrogens with zero attached hydrogens (tertiary/aromatic N) is 2. The Morgan fingerprint density at radius 2 is 0.833 bits per heavy atom. The summed E-state index contributed by atoms with van der Waals surface area (Å²) in [7, 11) is 0. The van der Waals surface area contributed by atoms with E-state index in [1.165, 1.54) is 48.5 Å². The van der Waals surface area contributed by atoms with Crippen molar-refractivity contribution in [1.82, 2.24) is 0 Å². The van der Waals surface area contributed by atoms with E-state index < -0.39 is 11.6 Å². The summed E-state index contributed by atoms with van der Waals surface area (Å²) in [4.78, 5) is 36.5. The zero-order valence-electron chi connectivity index (χ0n) is 25.3. The number of halogens is 2. The van der Waals surface area contributed by atoms with Crippen molar-refractivity contribution >= 4 is 46.0 Å². The molecule has 0 bridgehead atoms. The fraction of sp³-hybridized carbons (Fsp3) is 0. The second kappa shape index (κ2) is 13.1. The van der Waals surface area contributed by atoms with Crippen molar-refractivity contribution in [3.63, 3.8) is 0 Å². The number of anilines is 2. The molecule has 8 heteroatoms. The molecule has 0 saturated heterocycles. The van der Waals surface area contributed by atoms with Gasteiger partial charge in [0, 0.05) is 44.8 Å². The average molecular weight is 633 g/mol. The van der Waals surface area contributed by atoms with Crippen LogP contribution in [0.15, 0.2) is 156 Å². The lowest BCUT2D eigenvalue weighted by molar-refractivity contribution is 0.101. The molecule has 0 spiro atoms. The van der Waals surface area contributed by atoms with Crippen LogP contribution in [-0.4, -0.2) is 23.2 Å². The summed E-state index contributed by atoms with van der Waals surface area (Å²) in [6.45, 7) is 0. The fourth-order valence-corrected chi connectivity index (χ4v) is 5.40. The minimum atomic E-state index is -0.425. The lowest BCUT2D eigenvalue weighted by Gasteiger charge is -2.20. The Bertz CT molecular complexity index is 2050. The third kappa shape index (κ3) is 6.41. The van der Waals surface area contributed by atoms with E-state index in [9.17, 15) is 18.4 Å². The van der Waals surface area contributed by atoms with E-state index in [1.807, 2.05) is 84.9 Å². The number of carbonyl (C=O) groups excluding carboxylic acids is 2. The largest absolute Gasteiger partial charge is 0.322 e. The van der Waals surface area contributed by atoms with Crippen LogP contribution in [0.1, 0.15) is 43.0 Å². The van der Waals surface area contributed by atoms with E-state index >= 15 is 0 Å². The first-order valence-corrected chi connectivity index (χ1v) is 15.1. The third-order valence-electron chi connectivity index (χ3n) is 7.79. The molecule has 6 nitrogen and oxygen atoms in total. The molecule has 0 fully saturated rings. The minimum absolute atomic E-state index is 0.320. The maximum absolute atomic E-state index is 13.5. The number of rotatable bonds is 6. The van der Waals surface area contributed by atoms with Crippen molar-refractivity contribution in [3.05, 3.63) is 191 Å². The summed E-state index contributed by atoms with van der Waals surface area (Å²) in [5.41, 5.74) is 7.19. The summed E-state index contributed by atoms with van der Waals surface area (Å²) in [6, 6.07) is 40.8. The normalized spacial score (nSPS) is 12.0. The van der Waals surface area contributed by atoms with E-state index in [1.54, 1.807) is 12.1 Å². The number of benzene rings is 6. The van der Waals surface area contributed by atoms with Crippen LogP contribution in [-0.2, 0) is 0 Å². The van der Waals surface area contributed by atoms with Crippen molar-refractivity contribution in [2.45, 2.75) is 0 Å². The molecular weight excluding hydrogens is 606 g/mol. The molecule has 232 valence electrons. The SMILES string of the molecule is O=C(Nc1ccc2c(c1)C(c1ccccc1)=Nc1ccc(NC(=O)c3ccc(F)cc3)cc1C(c1ccccc1)=N2)c1ccc(F)cc1. The molecule has 1 aliphatic rings. The molecule has 2 N–H and O–H groups in total. The van der Waals surface area contributed by atoms with Gasteiger partial charge < -0.3 is 10.6 Å². The summed E-state index contributed by atoms with van der Waals surface area (Å²) in [5, 5.41) is 5.83. The standard InChI is InChI=1S/C40H26F2N4O2/c41-29-15-11-27(12-16-29)39(47)43-31-19-21-35-33(23-31)37(25-7-3-1-4-8-25)45-36-22-20-32(44-40(48)28-13-17-30(42)18-14-28)24-34(36)38(46-35)26-9-5-2-6-10-26/h1-24H,(H,43,47)(H,44,48). The van der Waals surface area contributed by atoms with Crippen molar-refractivity contribution in [1.29, 1.82) is 0 Å². The van der Waals surface area contributed by atoms with Gasteiger partial charge in [0.25, 0.3) is 11.8 Å². The summed E-state index contributed by atoms with van der Waals surface area (Å²) < 4.78 is 26.9. The first-order valence-electron chi connectivity index (χ1n) is 15.1. The van der Waals surface area contributed by atoms with E-state index in [0.717, 1.165) is 11.1 Å². The monoisotopic (exact) mass is 632 g/mol. The van der Waals surface area contributed by atoms with Crippen LogP contribution in [0.5, 0.6) is 0 Å². The lowest BCUT2D eigenvalue weighted by Crippen LogP contribution is -2.15. The van der Waals surface area contributed by atoms with Crippen LogP contribution in [0.3, 0.4) is 0 Å². The Balaban J connectivity index is 1.36. The molecular formula is C40H26F2N4O2. The number of carbonyl (C=O) groups is 2. The third-order valence-corrected chi connectivity index (χ3v) is 7.79. The van der Waals surface area contributed by atoms with Crippen molar-refractivity contribution < 1.29 is 18.4 Å². The van der Waals surface area contributed by atoms with Gasteiger partial charge in [-0.2, -0.15) is 0 Å². The molecule has 1 aliphatic heterocycles. The van der Waals surface area contributed by atoms with Crippen LogP contribution in [0.25, 0.3) is 0 Å². The number of fused-ring (bicyclic) bond motifs is 2. The highest BCUT2D eigenvalue weighted by Gasteiger charge is 2.22. The van der Waals surface area contributed by atoms with Gasteiger partial charge in [0.05, 0.1) is 22.8 Å². The van der Waals surface area contributed by atoms with Crippen molar-refractivity contribution in [3.8, 4) is 0 Å². The van der Waals surface area contributed by atoms with Crippen LogP contribution in [0.2, 0.25) is 0 Å². The molecule has 6 aromatic rings. The molecule has 0 atom stereocenters. The average Bonchev–Trinajstić information content (AvgIpc) is 3.11. The van der Waals surface area contributed by atoms with Gasteiger partial charge in [0.1, 0.15) is 11.6 Å². The van der Waals surface area contributed by atoms with Crippen LogP contribution >= 0.6 is 0 Å². The first-order chi connectivity index (χ1) is 23.4. The summed E-state index contributed by atoms with van der Waals surface area (Å²) in [5.74, 6) is -1.61. The molecule has 6 aromatic carbocycles. The van der Waals surface area contributed by atoms with E-state index in [2.05, 4.69) is 10.6 Å². The molecule has 1 heterocycles. The number of hydrogen-bond donors (Lipinski definition) is 2. The Labute approximate surface area is 275 Å². The molecule has 0 radical (unpaired) electrons. The molecule has 2 amide bonds. The molecule has 7 rings (SSSR count). The number of nitrogens with one attached hydrogen (secondary N) is 2. The molecule has 0 aliphatic carbocycles. The maximum atomic E-state index is 13.5. The van der Waals surface area contributed by atoms with Crippen LogP contribution in [0, 0.1) is 11.6 Å². The Hall–Kier alpha value is -6.54. The fourth-order valence-electron chi connectivity index (χ4n) is 5.40. The zero-order valence-corrected chi connectivity index (χ0v) is 25.3. The Morgan fingerprint density at radius 3 is 1.21 bits per heavy atom. The second-order valence-corrected chi connectivity index (χ2v) is 11.0. The topological polar surface area (TPSA) is 82.9 Å². The van der Waals surface area contributed by atoms with Crippen molar-refractivity contribution in [2.75, 3.05) is 10.6 Å². The quantitative estimate of drug-likeness (QED) is 0.192. The summed E-state index contributed by atoms with van der Waals surface area (Å²) >= 11 is 0. The number of hydrogen-bond acceptors (Lipinski definition) is 4. The number of aliphatic imine (C=N–C) groups is 2. The van der Waals surface area contributed by atoms with Crippen molar-refractivity contribution in [2.24, 2.45) is 9.98 Å². The molecule has 48 heavy (non-hydrogen) atoms. The van der Waals surface area contributed by atoms with Gasteiger partial charge >= 0.3 is 0 Å². The van der Waals surface area contributed by atoms with Gasteiger partial charge in [-0.25, -0.2) is 18.8 Å². The maximum Gasteiger partial charge on any atom is 0.255 e. The summed E-state index contributed by atoms with van der Waals surface area (Å²) in [6.07, 6.45) is 0. The van der Waals surface area contributed by atoms with E-state index in [4.69, 9.17) is 9.98 Å². The van der Waals surface area contributed by atoms with Gasteiger partial charge in [-0.05, 0) is 84.9 Å². The smallest absolute Gasteiger partial charge is 0.255 e. The van der Waals surface area contributed by atoms with E-state index in [0.29, 0.717) is 56.4 Å². The predicted molar refractivity (Wildman–Crippen MR) is 185 cm³/mol. The molecule has 0 saturated carbocycles. The predicted octanol–water partition coefficient (Wildman–Crippen LogP) is 9.12. The van der Waals surface area contributed by atoms with Gasteiger partial charge in [0.2, 0.25) is 0 Å². The highest BCUT2D eigenvalue weighted by atomic mass is 19.1. The highest BCUT2D eigenvalue weighted by Crippen LogP contribution is 2.36. The van der Waals surface area contributed by atoms with E-state index in [-0.39, 0.29) is 11.8 Å². The van der Waals surface area contributed by atoms with Crippen LogP contribution < -0.4 is 10.6 Å². The second-order valence-electron chi connectivity index (χ2n) is 11.0. The Morgan fingerprint density at radius 1 is 0.458 bits per heavy atom. The van der Waals surface area contributed by atoms with Crippen LogP contribution in [0.4, 0.5) is 31.5 Å².